The molecule has 0 fully saturated rings. The maximum absolute atomic E-state index is 13.5. The van der Waals surface area contributed by atoms with Crippen LogP contribution >= 0.6 is 0 Å². The third-order valence-corrected chi connectivity index (χ3v) is 5.05. The van der Waals surface area contributed by atoms with Crippen molar-refractivity contribution < 1.29 is 27.6 Å². The van der Waals surface area contributed by atoms with Gasteiger partial charge in [-0.3, -0.25) is 14.5 Å². The fourth-order valence-electron chi connectivity index (χ4n) is 3.54. The number of likely N-dealkylation sites (N-methyl/N-ethyl adjacent to an activating group) is 1. The molecule has 4 amide bonds. The van der Waals surface area contributed by atoms with Crippen LogP contribution in [-0.4, -0.2) is 54.3 Å². The number of urea groups is 1. The Morgan fingerprint density at radius 2 is 1.93 bits per heavy atom. The van der Waals surface area contributed by atoms with Crippen molar-refractivity contribution in [1.82, 2.24) is 20.4 Å². The summed E-state index contributed by atoms with van der Waals surface area (Å²) in [7, 11) is 1.44. The standard InChI is InChI=1S/C20H23F3N4O3/c1-11(2)8-24-15(28)10-27-9-14-16(18(27)29)17(25-19(30)26(14)3)12-6-4-5-7-13(12)20(21,22)23/h4-7,11,17H,8-10H2,1-3H3,(H,24,28)(H,25,30). The monoisotopic (exact) mass is 424 g/mol. The normalized spacial score (nSPS) is 19.4. The molecule has 0 saturated heterocycles. The van der Waals surface area contributed by atoms with E-state index in [2.05, 4.69) is 10.6 Å². The lowest BCUT2D eigenvalue weighted by molar-refractivity contribution is -0.138. The van der Waals surface area contributed by atoms with Crippen LogP contribution in [0.1, 0.15) is 31.0 Å². The van der Waals surface area contributed by atoms with E-state index in [4.69, 9.17) is 0 Å². The summed E-state index contributed by atoms with van der Waals surface area (Å²) >= 11 is 0. The number of carbonyl (C=O) groups excluding carboxylic acids is 3. The van der Waals surface area contributed by atoms with Gasteiger partial charge in [0.05, 0.1) is 29.4 Å². The van der Waals surface area contributed by atoms with Crippen LogP contribution in [0.5, 0.6) is 0 Å². The van der Waals surface area contributed by atoms with Crippen molar-refractivity contribution in [1.29, 1.82) is 0 Å². The molecule has 1 aromatic rings. The Balaban J connectivity index is 1.93. The van der Waals surface area contributed by atoms with E-state index >= 15 is 0 Å². The summed E-state index contributed by atoms with van der Waals surface area (Å²) in [6.45, 7) is 4.02. The van der Waals surface area contributed by atoms with Crippen LogP contribution < -0.4 is 10.6 Å². The maximum atomic E-state index is 13.5. The number of carbonyl (C=O) groups is 3. The number of nitrogens with one attached hydrogen (secondary N) is 2. The molecule has 30 heavy (non-hydrogen) atoms. The van der Waals surface area contributed by atoms with Gasteiger partial charge in [-0.15, -0.1) is 0 Å². The van der Waals surface area contributed by atoms with Gasteiger partial charge in [-0.05, 0) is 17.5 Å². The van der Waals surface area contributed by atoms with Gasteiger partial charge in [0.25, 0.3) is 5.91 Å². The minimum Gasteiger partial charge on any atom is -0.354 e. The molecule has 0 spiro atoms. The molecule has 3 rings (SSSR count). The molecule has 0 radical (unpaired) electrons. The molecule has 2 aliphatic rings. The van der Waals surface area contributed by atoms with Gasteiger partial charge in [0.1, 0.15) is 6.54 Å². The zero-order valence-corrected chi connectivity index (χ0v) is 16.8. The summed E-state index contributed by atoms with van der Waals surface area (Å²) in [6, 6.07) is 2.96. The molecule has 2 aliphatic heterocycles. The Kier molecular flexibility index (Phi) is 5.78. The molecule has 0 aliphatic carbocycles. The molecule has 1 aromatic carbocycles. The molecule has 0 aromatic heterocycles. The van der Waals surface area contributed by atoms with Gasteiger partial charge in [0.2, 0.25) is 5.91 Å². The van der Waals surface area contributed by atoms with E-state index in [9.17, 15) is 27.6 Å². The second-order valence-corrected chi connectivity index (χ2v) is 7.75. The number of alkyl halides is 3. The van der Waals surface area contributed by atoms with Crippen LogP contribution in [0.4, 0.5) is 18.0 Å². The molecule has 1 atom stereocenters. The maximum Gasteiger partial charge on any atom is 0.416 e. The quantitative estimate of drug-likeness (QED) is 0.761. The van der Waals surface area contributed by atoms with Gasteiger partial charge in [-0.2, -0.15) is 13.2 Å². The van der Waals surface area contributed by atoms with Crippen molar-refractivity contribution in [2.24, 2.45) is 5.92 Å². The Hall–Kier alpha value is -3.04. The first-order chi connectivity index (χ1) is 14.0. The van der Waals surface area contributed by atoms with Crippen molar-refractivity contribution in [3.63, 3.8) is 0 Å². The van der Waals surface area contributed by atoms with Crippen LogP contribution in [0, 0.1) is 5.92 Å². The molecule has 1 unspecified atom stereocenters. The highest BCUT2D eigenvalue weighted by Gasteiger charge is 2.45. The Labute approximate surface area is 171 Å². The lowest BCUT2D eigenvalue weighted by atomic mass is 9.92. The van der Waals surface area contributed by atoms with Crippen LogP contribution in [0.2, 0.25) is 0 Å². The highest BCUT2D eigenvalue weighted by molar-refractivity contribution is 6.03. The number of benzene rings is 1. The second kappa shape index (κ2) is 8.00. The average Bonchev–Trinajstić information content (AvgIpc) is 2.99. The highest BCUT2D eigenvalue weighted by Crippen LogP contribution is 2.41. The fraction of sp³-hybridized carbons (Fsp3) is 0.450. The molecule has 2 heterocycles. The summed E-state index contributed by atoms with van der Waals surface area (Å²) < 4.78 is 40.6. The smallest absolute Gasteiger partial charge is 0.354 e. The van der Waals surface area contributed by atoms with E-state index in [-0.39, 0.29) is 36.1 Å². The minimum absolute atomic E-state index is 0.0299. The Morgan fingerprint density at radius 1 is 1.27 bits per heavy atom. The zero-order chi connectivity index (χ0) is 22.2. The summed E-state index contributed by atoms with van der Waals surface area (Å²) in [4.78, 5) is 40.0. The molecule has 0 bridgehead atoms. The molecule has 10 heteroatoms. The highest BCUT2D eigenvalue weighted by atomic mass is 19.4. The van der Waals surface area contributed by atoms with Gasteiger partial charge in [-0.25, -0.2) is 4.79 Å². The van der Waals surface area contributed by atoms with Crippen molar-refractivity contribution in [3.05, 3.63) is 46.7 Å². The summed E-state index contributed by atoms with van der Waals surface area (Å²) in [5.41, 5.74) is -0.793. The van der Waals surface area contributed by atoms with Crippen molar-refractivity contribution in [3.8, 4) is 0 Å². The van der Waals surface area contributed by atoms with Gasteiger partial charge in [-0.1, -0.05) is 32.0 Å². The molecular weight excluding hydrogens is 401 g/mol. The third-order valence-electron chi connectivity index (χ3n) is 5.05. The van der Waals surface area contributed by atoms with E-state index in [1.807, 2.05) is 13.8 Å². The van der Waals surface area contributed by atoms with E-state index < -0.39 is 29.7 Å². The van der Waals surface area contributed by atoms with Crippen LogP contribution in [0.15, 0.2) is 35.5 Å². The Bertz CT molecular complexity index is 911. The minimum atomic E-state index is -4.65. The summed E-state index contributed by atoms with van der Waals surface area (Å²) in [5.74, 6) is -0.713. The van der Waals surface area contributed by atoms with Crippen molar-refractivity contribution >= 4 is 17.8 Å². The van der Waals surface area contributed by atoms with E-state index in [1.54, 1.807) is 0 Å². The molecule has 0 saturated carbocycles. The first-order valence-electron chi connectivity index (χ1n) is 9.50. The van der Waals surface area contributed by atoms with Crippen LogP contribution in [0.3, 0.4) is 0 Å². The molecule has 7 nitrogen and oxygen atoms in total. The van der Waals surface area contributed by atoms with Crippen LogP contribution in [-0.2, 0) is 15.8 Å². The first kappa shape index (κ1) is 21.7. The predicted octanol–water partition coefficient (Wildman–Crippen LogP) is 2.27. The van der Waals surface area contributed by atoms with Crippen molar-refractivity contribution in [2.75, 3.05) is 26.7 Å². The summed E-state index contributed by atoms with van der Waals surface area (Å²) in [5, 5.41) is 5.20. The van der Waals surface area contributed by atoms with Crippen LogP contribution in [0.25, 0.3) is 0 Å². The number of hydrogen-bond donors (Lipinski definition) is 2. The number of halogens is 3. The van der Waals surface area contributed by atoms with Gasteiger partial charge in [0.15, 0.2) is 0 Å². The Morgan fingerprint density at radius 3 is 2.57 bits per heavy atom. The molecule has 162 valence electrons. The summed E-state index contributed by atoms with van der Waals surface area (Å²) in [6.07, 6.45) is -4.65. The van der Waals surface area contributed by atoms with E-state index in [1.165, 1.54) is 35.0 Å². The molecular formula is C20H23F3N4O3. The third kappa shape index (κ3) is 4.12. The lowest BCUT2D eigenvalue weighted by Gasteiger charge is -2.32. The number of amides is 4. The zero-order valence-electron chi connectivity index (χ0n) is 16.8. The lowest BCUT2D eigenvalue weighted by Crippen LogP contribution is -2.45. The van der Waals surface area contributed by atoms with Crippen molar-refractivity contribution in [2.45, 2.75) is 26.1 Å². The first-order valence-corrected chi connectivity index (χ1v) is 9.50. The SMILES string of the molecule is CC(C)CNC(=O)CN1CC2=C(C1=O)C(c1ccccc1C(F)(F)F)NC(=O)N2C. The number of hydrogen-bond acceptors (Lipinski definition) is 3. The van der Waals surface area contributed by atoms with E-state index in [0.29, 0.717) is 12.2 Å². The number of nitrogens with zero attached hydrogens (tertiary/aromatic N) is 2. The fourth-order valence-corrected chi connectivity index (χ4v) is 3.54. The predicted molar refractivity (Wildman–Crippen MR) is 102 cm³/mol. The van der Waals surface area contributed by atoms with Gasteiger partial charge < -0.3 is 15.5 Å². The number of rotatable bonds is 5. The topological polar surface area (TPSA) is 81.8 Å². The van der Waals surface area contributed by atoms with Gasteiger partial charge in [0, 0.05) is 13.6 Å². The molecule has 2 N–H and O–H groups in total. The largest absolute Gasteiger partial charge is 0.416 e. The second-order valence-electron chi connectivity index (χ2n) is 7.75. The van der Waals surface area contributed by atoms with E-state index in [0.717, 1.165) is 6.07 Å². The van der Waals surface area contributed by atoms with Gasteiger partial charge >= 0.3 is 12.2 Å². The average molecular weight is 424 g/mol.